The van der Waals surface area contributed by atoms with E-state index in [4.69, 9.17) is 14.2 Å². The molecule has 0 bridgehead atoms. The molecule has 0 unspecified atom stereocenters. The van der Waals surface area contributed by atoms with E-state index in [0.29, 0.717) is 30.1 Å². The van der Waals surface area contributed by atoms with Gasteiger partial charge in [0.05, 0.1) is 18.8 Å². The summed E-state index contributed by atoms with van der Waals surface area (Å²) in [6, 6.07) is 11.9. The van der Waals surface area contributed by atoms with E-state index >= 15 is 0 Å². The highest BCUT2D eigenvalue weighted by molar-refractivity contribution is 5.48. The molecule has 2 aliphatic rings. The summed E-state index contributed by atoms with van der Waals surface area (Å²) in [6.45, 7) is 4.34. The second-order valence-electron chi connectivity index (χ2n) is 7.40. The molecule has 4 rings (SSSR count). The molecule has 0 radical (unpaired) electrons. The van der Waals surface area contributed by atoms with Gasteiger partial charge in [-0.1, -0.05) is 18.2 Å². The van der Waals surface area contributed by atoms with Crippen LogP contribution < -0.4 is 4.74 Å². The average Bonchev–Trinajstić information content (AvgIpc) is 2.91. The molecule has 3 atom stereocenters. The summed E-state index contributed by atoms with van der Waals surface area (Å²) in [5.41, 5.74) is 1.41. The first-order valence-electron chi connectivity index (χ1n) is 8.99. The molecular formula is C21H23FO4. The highest BCUT2D eigenvalue weighted by atomic mass is 19.1. The predicted molar refractivity (Wildman–Crippen MR) is 94.8 cm³/mol. The third-order valence-corrected chi connectivity index (χ3v) is 5.08. The third-order valence-electron chi connectivity index (χ3n) is 5.08. The highest BCUT2D eigenvalue weighted by Gasteiger charge is 2.36. The zero-order valence-electron chi connectivity index (χ0n) is 14.9. The number of aliphatic hydroxyl groups is 1. The lowest BCUT2D eigenvalue weighted by molar-refractivity contribution is -0.139. The second kappa shape index (κ2) is 6.65. The molecule has 2 aromatic carbocycles. The Bertz CT molecular complexity index is 804. The van der Waals surface area contributed by atoms with Crippen LogP contribution in [0.15, 0.2) is 42.5 Å². The van der Waals surface area contributed by atoms with Gasteiger partial charge in [0.15, 0.2) is 5.79 Å². The lowest BCUT2D eigenvalue weighted by atomic mass is 9.85. The fourth-order valence-corrected chi connectivity index (χ4v) is 3.81. The number of halogens is 1. The normalized spacial score (nSPS) is 26.5. The van der Waals surface area contributed by atoms with Gasteiger partial charge in [0, 0.05) is 17.0 Å². The smallest absolute Gasteiger partial charge is 0.163 e. The summed E-state index contributed by atoms with van der Waals surface area (Å²) in [5, 5.41) is 11.0. The van der Waals surface area contributed by atoms with E-state index in [0.717, 1.165) is 12.0 Å². The van der Waals surface area contributed by atoms with E-state index < -0.39 is 11.9 Å². The Labute approximate surface area is 152 Å². The molecule has 0 aromatic heterocycles. The fraction of sp³-hybridized carbons (Fsp3) is 0.429. The summed E-state index contributed by atoms with van der Waals surface area (Å²) in [6.07, 6.45) is 0.561. The van der Waals surface area contributed by atoms with Crippen molar-refractivity contribution in [3.05, 3.63) is 59.4 Å². The Morgan fingerprint density at radius 1 is 1.08 bits per heavy atom. The number of fused-ring (bicyclic) bond motifs is 2. The molecule has 26 heavy (non-hydrogen) atoms. The Balaban J connectivity index is 1.63. The van der Waals surface area contributed by atoms with Crippen molar-refractivity contribution in [1.29, 1.82) is 0 Å². The van der Waals surface area contributed by atoms with Crippen molar-refractivity contribution in [2.45, 2.75) is 50.6 Å². The van der Waals surface area contributed by atoms with E-state index in [9.17, 15) is 9.50 Å². The molecule has 0 spiro atoms. The van der Waals surface area contributed by atoms with E-state index in [-0.39, 0.29) is 17.8 Å². The first-order valence-corrected chi connectivity index (χ1v) is 8.99. The number of hydrogen-bond acceptors (Lipinski definition) is 4. The van der Waals surface area contributed by atoms with Crippen LogP contribution in [0.4, 0.5) is 4.39 Å². The maximum absolute atomic E-state index is 13.8. The Hall–Kier alpha value is -1.95. The minimum absolute atomic E-state index is 0.0134. The highest BCUT2D eigenvalue weighted by Crippen LogP contribution is 2.47. The van der Waals surface area contributed by atoms with Crippen molar-refractivity contribution >= 4 is 0 Å². The van der Waals surface area contributed by atoms with Crippen LogP contribution in [0, 0.1) is 5.82 Å². The van der Waals surface area contributed by atoms with Crippen molar-refractivity contribution in [1.82, 2.24) is 0 Å². The SMILES string of the molecule is CC1(C)OC[C@@H](CC[C@@H]2c3ccccc3Oc3ccc(F)cc3[C@@H]2O)O1. The first-order chi connectivity index (χ1) is 12.4. The quantitative estimate of drug-likeness (QED) is 0.865. The minimum atomic E-state index is -0.848. The molecule has 4 nitrogen and oxygen atoms in total. The average molecular weight is 358 g/mol. The topological polar surface area (TPSA) is 47.9 Å². The molecule has 1 fully saturated rings. The van der Waals surface area contributed by atoms with Crippen molar-refractivity contribution in [3.63, 3.8) is 0 Å². The largest absolute Gasteiger partial charge is 0.457 e. The number of benzene rings is 2. The minimum Gasteiger partial charge on any atom is -0.457 e. The molecule has 138 valence electrons. The lowest BCUT2D eigenvalue weighted by Crippen LogP contribution is -2.22. The number of aliphatic hydroxyl groups excluding tert-OH is 1. The summed E-state index contributed by atoms with van der Waals surface area (Å²) in [5.74, 6) is 0.0388. The Kier molecular flexibility index (Phi) is 4.47. The number of hydrogen-bond donors (Lipinski definition) is 1. The molecule has 0 saturated carbocycles. The summed E-state index contributed by atoms with van der Waals surface area (Å²) in [7, 11) is 0. The summed E-state index contributed by atoms with van der Waals surface area (Å²) < 4.78 is 31.3. The van der Waals surface area contributed by atoms with Gasteiger partial charge >= 0.3 is 0 Å². The van der Waals surface area contributed by atoms with Gasteiger partial charge in [-0.25, -0.2) is 4.39 Å². The van der Waals surface area contributed by atoms with Gasteiger partial charge in [-0.05, 0) is 51.0 Å². The van der Waals surface area contributed by atoms with Crippen LogP contribution in [0.1, 0.15) is 49.8 Å². The number of para-hydroxylation sites is 1. The molecule has 0 amide bonds. The van der Waals surface area contributed by atoms with Gasteiger partial charge in [0.2, 0.25) is 0 Å². The van der Waals surface area contributed by atoms with E-state index in [1.54, 1.807) is 6.07 Å². The molecule has 0 aliphatic carbocycles. The van der Waals surface area contributed by atoms with Crippen LogP contribution >= 0.6 is 0 Å². The molecule has 2 heterocycles. The van der Waals surface area contributed by atoms with E-state index in [1.807, 2.05) is 38.1 Å². The van der Waals surface area contributed by atoms with Gasteiger partial charge in [-0.3, -0.25) is 0 Å². The molecule has 1 saturated heterocycles. The van der Waals surface area contributed by atoms with Crippen LogP contribution in [-0.4, -0.2) is 23.6 Å². The maximum atomic E-state index is 13.8. The lowest BCUT2D eigenvalue weighted by Gasteiger charge is -2.24. The summed E-state index contributed by atoms with van der Waals surface area (Å²) >= 11 is 0. The Morgan fingerprint density at radius 3 is 2.62 bits per heavy atom. The zero-order chi connectivity index (χ0) is 18.3. The van der Waals surface area contributed by atoms with Gasteiger partial charge in [0.1, 0.15) is 17.3 Å². The van der Waals surface area contributed by atoms with Crippen molar-refractivity contribution in [2.24, 2.45) is 0 Å². The Morgan fingerprint density at radius 2 is 1.85 bits per heavy atom. The van der Waals surface area contributed by atoms with Gasteiger partial charge in [-0.15, -0.1) is 0 Å². The van der Waals surface area contributed by atoms with Crippen molar-refractivity contribution in [3.8, 4) is 11.5 Å². The number of ether oxygens (including phenoxy) is 3. The van der Waals surface area contributed by atoms with Crippen LogP contribution in [0.2, 0.25) is 0 Å². The molecular weight excluding hydrogens is 335 g/mol. The van der Waals surface area contributed by atoms with Crippen molar-refractivity contribution in [2.75, 3.05) is 6.61 Å². The molecule has 2 aliphatic heterocycles. The van der Waals surface area contributed by atoms with Gasteiger partial charge in [-0.2, -0.15) is 0 Å². The standard InChI is InChI=1S/C21H23FO4/c1-21(2)24-12-14(26-21)8-9-16-15-5-3-4-6-18(15)25-19-10-7-13(22)11-17(19)20(16)23/h3-7,10-11,14,16,20,23H,8-9,12H2,1-2H3/t14-,16-,20-/m1/s1. The second-order valence-corrected chi connectivity index (χ2v) is 7.40. The number of rotatable bonds is 3. The maximum Gasteiger partial charge on any atom is 0.163 e. The van der Waals surface area contributed by atoms with Crippen LogP contribution in [-0.2, 0) is 9.47 Å². The monoisotopic (exact) mass is 358 g/mol. The molecule has 5 heteroatoms. The van der Waals surface area contributed by atoms with Gasteiger partial charge in [0.25, 0.3) is 0 Å². The zero-order valence-corrected chi connectivity index (χ0v) is 14.9. The summed E-state index contributed by atoms with van der Waals surface area (Å²) in [4.78, 5) is 0. The molecule has 2 aromatic rings. The predicted octanol–water partition coefficient (Wildman–Crippen LogP) is 4.68. The fourth-order valence-electron chi connectivity index (χ4n) is 3.81. The van der Waals surface area contributed by atoms with Crippen molar-refractivity contribution < 1.29 is 23.7 Å². The van der Waals surface area contributed by atoms with E-state index in [2.05, 4.69) is 0 Å². The molecule has 1 N–H and O–H groups in total. The van der Waals surface area contributed by atoms with Crippen LogP contribution in [0.25, 0.3) is 0 Å². The van der Waals surface area contributed by atoms with E-state index in [1.165, 1.54) is 12.1 Å². The first kappa shape index (κ1) is 17.5. The van der Waals surface area contributed by atoms with Crippen LogP contribution in [0.3, 0.4) is 0 Å². The third kappa shape index (κ3) is 3.34. The van der Waals surface area contributed by atoms with Crippen LogP contribution in [0.5, 0.6) is 11.5 Å². The van der Waals surface area contributed by atoms with Gasteiger partial charge < -0.3 is 19.3 Å².